The fourth-order valence-electron chi connectivity index (χ4n) is 1.47. The summed E-state index contributed by atoms with van der Waals surface area (Å²) in [5.74, 6) is 0. The van der Waals surface area contributed by atoms with Crippen LogP contribution in [0.3, 0.4) is 0 Å². The molecule has 2 aromatic carbocycles. The molecule has 6 heteroatoms. The molecule has 103 valence electrons. The molecule has 0 unspecified atom stereocenters. The van der Waals surface area contributed by atoms with E-state index in [9.17, 15) is 0 Å². The van der Waals surface area contributed by atoms with E-state index in [1.807, 2.05) is 42.6 Å². The zero-order valence-electron chi connectivity index (χ0n) is 10.6. The predicted octanol–water partition coefficient (Wildman–Crippen LogP) is 4.57. The van der Waals surface area contributed by atoms with Crippen molar-refractivity contribution in [1.82, 2.24) is 0 Å². The number of aliphatic imine (C=N–C) groups is 1. The molecular weight excluding hydrogens is 415 g/mol. The number of hydrogen-bond acceptors (Lipinski definition) is 1. The Labute approximate surface area is 149 Å². The van der Waals surface area contributed by atoms with E-state index in [4.69, 9.17) is 30.2 Å². The van der Waals surface area contributed by atoms with Crippen molar-refractivity contribution in [2.24, 2.45) is 4.99 Å². The van der Waals surface area contributed by atoms with Gasteiger partial charge in [-0.3, -0.25) is 0 Å². The standard InChI is InChI=1S/C14H11ClNSe.2ClH.Ti/c1-10-5-4-6-11(14(10)17)9-16-13-8-3-2-7-12(13)15;;;/h2-9H,1H3;2*1H;/q;;;+2/p-2. The van der Waals surface area contributed by atoms with Gasteiger partial charge >= 0.3 is 150 Å². The fraction of sp³-hybridized carbons (Fsp3) is 0.0714. The summed E-state index contributed by atoms with van der Waals surface area (Å²) >= 11 is 8.55. The minimum atomic E-state index is -0.556. The van der Waals surface area contributed by atoms with E-state index in [2.05, 4.69) is 34.0 Å². The first kappa shape index (κ1) is 18.3. The Morgan fingerprint density at radius 3 is 2.40 bits per heavy atom. The summed E-state index contributed by atoms with van der Waals surface area (Å²) in [7, 11) is 9.78. The first-order chi connectivity index (χ1) is 9.60. The summed E-state index contributed by atoms with van der Waals surface area (Å²) < 4.78 is 1.13. The Hall–Kier alpha value is 0.214. The van der Waals surface area contributed by atoms with E-state index in [1.54, 1.807) is 0 Å². The number of halogens is 3. The zero-order chi connectivity index (χ0) is 15.0. The third kappa shape index (κ3) is 5.91. The molecule has 20 heavy (non-hydrogen) atoms. The maximum atomic E-state index is 6.04. The van der Waals surface area contributed by atoms with Gasteiger partial charge in [-0.05, 0) is 0 Å². The third-order valence-corrected chi connectivity index (χ3v) is 3.93. The van der Waals surface area contributed by atoms with Crippen molar-refractivity contribution in [3.63, 3.8) is 0 Å². The molecular formula is C14H11Cl3NSeTi. The normalized spacial score (nSPS) is 10.0. The molecule has 0 aliphatic rings. The molecule has 0 aliphatic carbocycles. The average Bonchev–Trinajstić information content (AvgIpc) is 2.43. The second-order valence-corrected chi connectivity index (χ2v) is 7.62. The third-order valence-electron chi connectivity index (χ3n) is 2.44. The summed E-state index contributed by atoms with van der Waals surface area (Å²) in [6.45, 7) is 2.07. The van der Waals surface area contributed by atoms with E-state index in [0.717, 1.165) is 15.7 Å². The van der Waals surface area contributed by atoms with Crippen LogP contribution in [0.5, 0.6) is 0 Å². The average molecular weight is 426 g/mol. The van der Waals surface area contributed by atoms with Gasteiger partial charge in [-0.1, -0.05) is 0 Å². The van der Waals surface area contributed by atoms with Crippen molar-refractivity contribution >= 4 is 62.6 Å². The first-order valence-electron chi connectivity index (χ1n) is 5.61. The van der Waals surface area contributed by atoms with E-state index >= 15 is 0 Å². The van der Waals surface area contributed by atoms with E-state index in [0.29, 0.717) is 5.02 Å². The molecule has 0 heterocycles. The van der Waals surface area contributed by atoms with Gasteiger partial charge in [-0.25, -0.2) is 0 Å². The molecule has 0 spiro atoms. The quantitative estimate of drug-likeness (QED) is 0.493. The van der Waals surface area contributed by atoms with E-state index in [-0.39, 0.29) is 0 Å². The molecule has 0 bridgehead atoms. The van der Waals surface area contributed by atoms with Crippen LogP contribution in [0.2, 0.25) is 5.02 Å². The van der Waals surface area contributed by atoms with Gasteiger partial charge in [0.1, 0.15) is 0 Å². The SMILES string of the molecule is Cc1cccc(C=Nc2ccccc2Cl)c1[Se].[Cl][Ti][Cl]. The summed E-state index contributed by atoms with van der Waals surface area (Å²) in [4.78, 5) is 4.40. The summed E-state index contributed by atoms with van der Waals surface area (Å²) in [5.41, 5.74) is 3.08. The Balaban J connectivity index is 0.000000612. The van der Waals surface area contributed by atoms with Crippen molar-refractivity contribution in [3.8, 4) is 0 Å². The number of rotatable bonds is 2. The molecule has 1 radical (unpaired) electrons. The maximum absolute atomic E-state index is 6.04. The Morgan fingerprint density at radius 1 is 1.10 bits per heavy atom. The summed E-state index contributed by atoms with van der Waals surface area (Å²) in [6.07, 6.45) is 1.83. The molecule has 0 amide bonds. The Kier molecular flexibility index (Phi) is 9.16. The summed E-state index contributed by atoms with van der Waals surface area (Å²) in [6, 6.07) is 13.7. The molecule has 0 saturated carbocycles. The van der Waals surface area contributed by atoms with Crippen LogP contribution in [0.4, 0.5) is 5.69 Å². The van der Waals surface area contributed by atoms with Crippen molar-refractivity contribution in [3.05, 3.63) is 58.6 Å². The molecule has 1 nitrogen and oxygen atoms in total. The molecule has 0 atom stereocenters. The van der Waals surface area contributed by atoms with Gasteiger partial charge in [-0.2, -0.15) is 0 Å². The van der Waals surface area contributed by atoms with Crippen LogP contribution in [0, 0.1) is 6.92 Å². The molecule has 2 aromatic rings. The number of benzene rings is 2. The van der Waals surface area contributed by atoms with Gasteiger partial charge in [0.2, 0.25) is 0 Å². The second kappa shape index (κ2) is 10.0. The minimum absolute atomic E-state index is 0.556. The topological polar surface area (TPSA) is 12.4 Å². The van der Waals surface area contributed by atoms with Crippen LogP contribution in [-0.4, -0.2) is 22.2 Å². The zero-order valence-corrected chi connectivity index (χ0v) is 16.2. The number of para-hydroxylation sites is 1. The molecule has 0 aliphatic heterocycles. The second-order valence-electron chi connectivity index (χ2n) is 3.77. The van der Waals surface area contributed by atoms with Crippen LogP contribution in [-0.2, 0) is 17.0 Å². The van der Waals surface area contributed by atoms with Gasteiger partial charge in [-0.15, -0.1) is 0 Å². The van der Waals surface area contributed by atoms with Crippen molar-refractivity contribution < 1.29 is 17.0 Å². The van der Waals surface area contributed by atoms with Crippen LogP contribution in [0.15, 0.2) is 47.5 Å². The Bertz CT molecular complexity index is 590. The first-order valence-corrected chi connectivity index (χ1v) is 11.1. The van der Waals surface area contributed by atoms with E-state index < -0.39 is 17.0 Å². The van der Waals surface area contributed by atoms with Crippen molar-refractivity contribution in [1.29, 1.82) is 0 Å². The predicted molar refractivity (Wildman–Crippen MR) is 87.0 cm³/mol. The van der Waals surface area contributed by atoms with Gasteiger partial charge in [0.05, 0.1) is 0 Å². The van der Waals surface area contributed by atoms with Crippen LogP contribution in [0.1, 0.15) is 11.1 Å². The monoisotopic (exact) mass is 426 g/mol. The molecule has 2 rings (SSSR count). The molecule has 0 fully saturated rings. The van der Waals surface area contributed by atoms with E-state index in [1.165, 1.54) is 5.56 Å². The molecule has 0 N–H and O–H groups in total. The van der Waals surface area contributed by atoms with Gasteiger partial charge in [0, 0.05) is 0 Å². The van der Waals surface area contributed by atoms with Gasteiger partial charge in [0.15, 0.2) is 0 Å². The summed E-state index contributed by atoms with van der Waals surface area (Å²) in [5, 5.41) is 0.665. The van der Waals surface area contributed by atoms with Gasteiger partial charge in [0.25, 0.3) is 0 Å². The van der Waals surface area contributed by atoms with Crippen molar-refractivity contribution in [2.45, 2.75) is 6.92 Å². The van der Waals surface area contributed by atoms with Crippen molar-refractivity contribution in [2.75, 3.05) is 0 Å². The number of aryl methyl sites for hydroxylation is 1. The van der Waals surface area contributed by atoms with Crippen LogP contribution >= 0.6 is 30.2 Å². The van der Waals surface area contributed by atoms with Crippen LogP contribution < -0.4 is 4.46 Å². The van der Waals surface area contributed by atoms with Gasteiger partial charge < -0.3 is 0 Å². The van der Waals surface area contributed by atoms with Crippen LogP contribution in [0.25, 0.3) is 0 Å². The number of hydrogen-bond donors (Lipinski definition) is 0. The fourth-order valence-corrected chi connectivity index (χ4v) is 2.05. The Morgan fingerprint density at radius 2 is 1.75 bits per heavy atom. The number of nitrogens with zero attached hydrogens (tertiary/aromatic N) is 1. The molecule has 0 saturated heterocycles. The molecule has 0 aromatic heterocycles.